The largest absolute Gasteiger partial charge is 0.476 e. The Morgan fingerprint density at radius 2 is 2.20 bits per heavy atom. The molecule has 11 heteroatoms. The summed E-state index contributed by atoms with van der Waals surface area (Å²) in [5.41, 5.74) is 7.06. The molecule has 1 aliphatic rings. The van der Waals surface area contributed by atoms with Gasteiger partial charge in [-0.25, -0.2) is 23.7 Å². The zero-order chi connectivity index (χ0) is 25.8. The van der Waals surface area contributed by atoms with Gasteiger partial charge >= 0.3 is 6.09 Å². The van der Waals surface area contributed by atoms with E-state index in [2.05, 4.69) is 26.6 Å². The van der Waals surface area contributed by atoms with Crippen LogP contribution in [-0.2, 0) is 9.47 Å². The quantitative estimate of drug-likeness (QED) is 0.465. The molecule has 0 saturated carbocycles. The third-order valence-corrected chi connectivity index (χ3v) is 5.34. The van der Waals surface area contributed by atoms with Crippen LogP contribution in [0.25, 0.3) is 5.65 Å². The van der Waals surface area contributed by atoms with E-state index in [9.17, 15) is 9.18 Å². The van der Waals surface area contributed by atoms with Crippen LogP contribution in [0.2, 0.25) is 0 Å². The maximum absolute atomic E-state index is 13.5. The molecule has 1 amide bonds. The van der Waals surface area contributed by atoms with Crippen molar-refractivity contribution >= 4 is 29.1 Å². The van der Waals surface area contributed by atoms with Gasteiger partial charge in [0.15, 0.2) is 5.65 Å². The van der Waals surface area contributed by atoms with E-state index in [1.165, 1.54) is 11.8 Å². The molecule has 2 aromatic rings. The molecule has 0 aromatic carbocycles. The molecular weight excluding hydrogens is 453 g/mol. The lowest BCUT2D eigenvalue weighted by Gasteiger charge is -2.28. The average Bonchev–Trinajstić information content (AvgIpc) is 3.41. The number of ether oxygens (including phenoxy) is 2. The first-order valence-corrected chi connectivity index (χ1v) is 11.5. The molecule has 1 fully saturated rings. The number of aromatic nitrogens is 3. The lowest BCUT2D eigenvalue weighted by Crippen LogP contribution is -2.37. The van der Waals surface area contributed by atoms with E-state index < -0.39 is 17.5 Å². The number of nitrogens with two attached hydrogens (primary N) is 1. The normalized spacial score (nSPS) is 17.1. The number of nitrogens with zero attached hydrogens (tertiary/aromatic N) is 6. The average molecular weight is 488 g/mol. The summed E-state index contributed by atoms with van der Waals surface area (Å²) < 4.78 is 26.3. The van der Waals surface area contributed by atoms with Crippen LogP contribution in [0, 0.1) is 0 Å². The summed E-state index contributed by atoms with van der Waals surface area (Å²) in [7, 11) is 1.62. The maximum atomic E-state index is 13.5. The molecule has 10 nitrogen and oxygen atoms in total. The topological polar surface area (TPSA) is 111 Å². The smallest absolute Gasteiger partial charge is 0.410 e. The monoisotopic (exact) mass is 487 g/mol. The summed E-state index contributed by atoms with van der Waals surface area (Å²) >= 11 is 0. The van der Waals surface area contributed by atoms with Crippen LogP contribution in [0.3, 0.4) is 0 Å². The van der Waals surface area contributed by atoms with Crippen LogP contribution in [0.4, 0.5) is 20.7 Å². The van der Waals surface area contributed by atoms with Crippen LogP contribution in [-0.4, -0.2) is 69.9 Å². The van der Waals surface area contributed by atoms with Crippen LogP contribution < -0.4 is 10.6 Å². The van der Waals surface area contributed by atoms with Gasteiger partial charge in [-0.15, -0.1) is 0 Å². The van der Waals surface area contributed by atoms with E-state index >= 15 is 0 Å². The van der Waals surface area contributed by atoms with Gasteiger partial charge in [0, 0.05) is 25.4 Å². The number of hydrogen-bond donors (Lipinski definition) is 1. The summed E-state index contributed by atoms with van der Waals surface area (Å²) in [6.07, 6.45) is 5.72. The number of hydrogen-bond acceptors (Lipinski definition) is 8. The molecule has 1 atom stereocenters. The van der Waals surface area contributed by atoms with Crippen molar-refractivity contribution < 1.29 is 18.7 Å². The van der Waals surface area contributed by atoms with Crippen LogP contribution in [0.1, 0.15) is 40.5 Å². The number of carbonyl (C=O) groups excluding carboxylic acids is 1. The zero-order valence-corrected chi connectivity index (χ0v) is 21.0. The number of halogens is 1. The Bertz CT molecular complexity index is 1130. The number of anilines is 2. The molecule has 1 saturated heterocycles. The fraction of sp³-hybridized carbons (Fsp3) is 0.500. The van der Waals surface area contributed by atoms with Crippen LogP contribution in [0.15, 0.2) is 47.6 Å². The van der Waals surface area contributed by atoms with Crippen molar-refractivity contribution in [2.45, 2.75) is 52.2 Å². The fourth-order valence-electron chi connectivity index (χ4n) is 3.65. The first-order chi connectivity index (χ1) is 16.5. The van der Waals surface area contributed by atoms with Crippen molar-refractivity contribution in [3.05, 3.63) is 42.6 Å². The number of aliphatic imine (C=N–C) groups is 1. The van der Waals surface area contributed by atoms with E-state index in [0.717, 1.165) is 31.4 Å². The van der Waals surface area contributed by atoms with E-state index in [1.807, 2.05) is 6.07 Å². The van der Waals surface area contributed by atoms with E-state index in [-0.39, 0.29) is 25.1 Å². The SMILES string of the molecule is C=C(C(=N/C=C(\C)F)OCCN(C)C(=O)OC(C)(C)C)[C@H]1CCCN1c1ccn2ncc(N)c2n1. The molecule has 0 spiro atoms. The predicted octanol–water partition coefficient (Wildman–Crippen LogP) is 3.95. The number of fused-ring (bicyclic) bond motifs is 1. The molecule has 1 aliphatic heterocycles. The highest BCUT2D eigenvalue weighted by atomic mass is 19.1. The van der Waals surface area contributed by atoms with E-state index in [0.29, 0.717) is 16.9 Å². The summed E-state index contributed by atoms with van der Waals surface area (Å²) in [4.78, 5) is 24.6. The minimum atomic E-state index is -0.596. The van der Waals surface area contributed by atoms with Gasteiger partial charge in [0.25, 0.3) is 0 Å². The van der Waals surface area contributed by atoms with Gasteiger partial charge < -0.3 is 25.0 Å². The number of amides is 1. The second kappa shape index (κ2) is 10.7. The van der Waals surface area contributed by atoms with Gasteiger partial charge in [-0.1, -0.05) is 6.58 Å². The standard InChI is InChI=1S/C24H34FN7O3/c1-16(25)14-27-22(34-13-12-30(6)23(33)35-24(3,4)5)17(2)19-8-7-10-31(19)20-9-11-32-21(29-20)18(26)15-28-32/h9,11,14-15,19H,2,7-8,10,12-13,26H2,1,3-6H3/b16-14+,27-22?/t19-/m1/s1. The molecule has 3 rings (SSSR count). The number of rotatable bonds is 7. The lowest BCUT2D eigenvalue weighted by molar-refractivity contribution is 0.0275. The molecule has 0 aliphatic carbocycles. The Balaban J connectivity index is 1.73. The molecular formula is C24H34FN7O3. The van der Waals surface area contributed by atoms with Crippen LogP contribution in [0.5, 0.6) is 0 Å². The van der Waals surface area contributed by atoms with E-state index in [4.69, 9.17) is 15.2 Å². The fourth-order valence-corrected chi connectivity index (χ4v) is 3.65. The van der Waals surface area contributed by atoms with Crippen molar-refractivity contribution in [2.24, 2.45) is 4.99 Å². The first-order valence-electron chi connectivity index (χ1n) is 11.5. The number of carbonyl (C=O) groups is 1. The van der Waals surface area contributed by atoms with Gasteiger partial charge in [0.2, 0.25) is 5.90 Å². The Morgan fingerprint density at radius 1 is 1.46 bits per heavy atom. The third kappa shape index (κ3) is 6.71. The molecule has 0 bridgehead atoms. The minimum absolute atomic E-state index is 0.135. The van der Waals surface area contributed by atoms with Gasteiger partial charge in [0.05, 0.1) is 30.7 Å². The van der Waals surface area contributed by atoms with Gasteiger partial charge in [-0.3, -0.25) is 0 Å². The second-order valence-electron chi connectivity index (χ2n) is 9.43. The van der Waals surface area contributed by atoms with Crippen molar-refractivity contribution in [3.63, 3.8) is 0 Å². The Kier molecular flexibility index (Phi) is 7.98. The zero-order valence-electron chi connectivity index (χ0n) is 21.0. The predicted molar refractivity (Wildman–Crippen MR) is 134 cm³/mol. The van der Waals surface area contributed by atoms with Crippen LogP contribution >= 0.6 is 0 Å². The van der Waals surface area contributed by atoms with Crippen molar-refractivity contribution in [1.29, 1.82) is 0 Å². The third-order valence-electron chi connectivity index (χ3n) is 5.34. The Labute approximate surface area is 204 Å². The summed E-state index contributed by atoms with van der Waals surface area (Å²) in [6.45, 7) is 12.1. The molecule has 35 heavy (non-hydrogen) atoms. The highest BCUT2D eigenvalue weighted by molar-refractivity contribution is 5.95. The van der Waals surface area contributed by atoms with Crippen molar-refractivity contribution in [2.75, 3.05) is 37.4 Å². The number of likely N-dealkylation sites (N-methyl/N-ethyl adjacent to an activating group) is 1. The van der Waals surface area contributed by atoms with E-state index in [1.54, 1.807) is 44.7 Å². The summed E-state index contributed by atoms with van der Waals surface area (Å²) in [6, 6.07) is 1.72. The van der Waals surface area contributed by atoms with Crippen molar-refractivity contribution in [3.8, 4) is 0 Å². The highest BCUT2D eigenvalue weighted by Crippen LogP contribution is 2.29. The lowest BCUT2D eigenvalue weighted by atomic mass is 10.1. The summed E-state index contributed by atoms with van der Waals surface area (Å²) in [5, 5.41) is 4.16. The molecule has 190 valence electrons. The van der Waals surface area contributed by atoms with Crippen molar-refractivity contribution in [1.82, 2.24) is 19.5 Å². The Hall–Kier alpha value is -3.63. The molecule has 2 aromatic heterocycles. The Morgan fingerprint density at radius 3 is 2.89 bits per heavy atom. The molecule has 2 N–H and O–H groups in total. The molecule has 3 heterocycles. The van der Waals surface area contributed by atoms with Gasteiger partial charge in [-0.2, -0.15) is 5.10 Å². The molecule has 0 radical (unpaired) electrons. The number of allylic oxidation sites excluding steroid dienone is 1. The maximum Gasteiger partial charge on any atom is 0.410 e. The highest BCUT2D eigenvalue weighted by Gasteiger charge is 2.31. The van der Waals surface area contributed by atoms with Gasteiger partial charge in [-0.05, 0) is 46.6 Å². The van der Waals surface area contributed by atoms with Gasteiger partial charge in [0.1, 0.15) is 23.9 Å². The second-order valence-corrected chi connectivity index (χ2v) is 9.43. The molecule has 0 unspecified atom stereocenters. The minimum Gasteiger partial charge on any atom is -0.476 e. The first kappa shape index (κ1) is 26.0. The summed E-state index contributed by atoms with van der Waals surface area (Å²) in [5.74, 6) is 0.479. The number of nitrogen functional groups attached to an aromatic ring is 1.